The van der Waals surface area contributed by atoms with Crippen molar-refractivity contribution in [2.75, 3.05) is 0 Å². The van der Waals surface area contributed by atoms with E-state index in [9.17, 15) is 9.59 Å². The summed E-state index contributed by atoms with van der Waals surface area (Å²) >= 11 is 0. The van der Waals surface area contributed by atoms with Gasteiger partial charge in [-0.2, -0.15) is 0 Å². The first-order valence-electron chi connectivity index (χ1n) is 6.12. The molecule has 2 N–H and O–H groups in total. The summed E-state index contributed by atoms with van der Waals surface area (Å²) in [5.74, 6) is -2.13. The summed E-state index contributed by atoms with van der Waals surface area (Å²) < 4.78 is 0. The molecule has 0 saturated carbocycles. The summed E-state index contributed by atoms with van der Waals surface area (Å²) in [5, 5.41) is 19.0. The van der Waals surface area contributed by atoms with Gasteiger partial charge in [-0.25, -0.2) is 9.78 Å². The zero-order valence-electron chi connectivity index (χ0n) is 11.1. The summed E-state index contributed by atoms with van der Waals surface area (Å²) in [4.78, 5) is 27.1. The van der Waals surface area contributed by atoms with E-state index in [1.807, 2.05) is 0 Å². The van der Waals surface area contributed by atoms with E-state index < -0.39 is 17.9 Å². The van der Waals surface area contributed by atoms with Crippen molar-refractivity contribution in [1.29, 1.82) is 0 Å². The second kappa shape index (κ2) is 5.60. The Morgan fingerprint density at radius 2 is 1.80 bits per heavy atom. The maximum absolute atomic E-state index is 12.0. The Balaban J connectivity index is 2.24. The predicted molar refractivity (Wildman–Crippen MR) is 71.1 cm³/mol. The lowest BCUT2D eigenvalue weighted by Crippen LogP contribution is -2.44. The van der Waals surface area contributed by atoms with Crippen LogP contribution in [-0.4, -0.2) is 38.2 Å². The van der Waals surface area contributed by atoms with Crippen molar-refractivity contribution >= 4 is 22.9 Å². The van der Waals surface area contributed by atoms with E-state index in [1.54, 1.807) is 38.1 Å². The van der Waals surface area contributed by atoms with Gasteiger partial charge in [0.25, 0.3) is 5.91 Å². The molecule has 0 aliphatic heterocycles. The summed E-state index contributed by atoms with van der Waals surface area (Å²) in [7, 11) is 0. The number of aliphatic carboxylic acids is 1. The van der Waals surface area contributed by atoms with Crippen molar-refractivity contribution < 1.29 is 14.7 Å². The third-order valence-electron chi connectivity index (χ3n) is 2.78. The number of amides is 1. The Hall–Kier alpha value is -2.57. The molecule has 0 unspecified atom stereocenters. The van der Waals surface area contributed by atoms with Crippen LogP contribution in [0.1, 0.15) is 24.5 Å². The van der Waals surface area contributed by atoms with Crippen molar-refractivity contribution in [2.45, 2.75) is 19.9 Å². The number of hydrogen-bond acceptors (Lipinski definition) is 5. The van der Waals surface area contributed by atoms with Gasteiger partial charge in [-0.15, -0.1) is 10.2 Å². The van der Waals surface area contributed by atoms with Gasteiger partial charge in [0, 0.05) is 0 Å². The van der Waals surface area contributed by atoms with Gasteiger partial charge in [0.05, 0.1) is 5.52 Å². The molecule has 0 aliphatic rings. The third kappa shape index (κ3) is 2.87. The lowest BCUT2D eigenvalue weighted by molar-refractivity contribution is -0.140. The van der Waals surface area contributed by atoms with Crippen LogP contribution in [0.5, 0.6) is 0 Å². The molecule has 0 aliphatic carbocycles. The quantitative estimate of drug-likeness (QED) is 0.856. The Morgan fingerprint density at radius 1 is 1.15 bits per heavy atom. The molecule has 2 rings (SSSR count). The maximum atomic E-state index is 12.0. The second-order valence-corrected chi connectivity index (χ2v) is 4.66. The Labute approximate surface area is 115 Å². The molecule has 7 nitrogen and oxygen atoms in total. The van der Waals surface area contributed by atoms with Gasteiger partial charge < -0.3 is 10.4 Å². The number of carboxylic acid groups (broad SMARTS) is 1. The minimum absolute atomic E-state index is 0.143. The molecule has 20 heavy (non-hydrogen) atoms. The monoisotopic (exact) mass is 274 g/mol. The lowest BCUT2D eigenvalue weighted by Gasteiger charge is -2.17. The second-order valence-electron chi connectivity index (χ2n) is 4.66. The standard InChI is InChI=1S/C13H14N4O3/c1-7(2)10(13(19)20)15-12(18)11-14-8-5-3-4-6-9(8)16-17-11/h3-7,10H,1-2H3,(H,15,18)(H,19,20)/t10-/m1/s1. The fourth-order valence-electron chi connectivity index (χ4n) is 1.70. The fraction of sp³-hybridized carbons (Fsp3) is 0.308. The van der Waals surface area contributed by atoms with Crippen LogP contribution in [0.4, 0.5) is 0 Å². The highest BCUT2D eigenvalue weighted by Gasteiger charge is 2.25. The molecular formula is C13H14N4O3. The van der Waals surface area contributed by atoms with Gasteiger partial charge in [0.1, 0.15) is 11.6 Å². The number of aromatic nitrogens is 3. The fourth-order valence-corrected chi connectivity index (χ4v) is 1.70. The average molecular weight is 274 g/mol. The number of fused-ring (bicyclic) bond motifs is 1. The molecule has 0 bridgehead atoms. The van der Waals surface area contributed by atoms with Crippen molar-refractivity contribution in [2.24, 2.45) is 5.92 Å². The number of hydrogen-bond donors (Lipinski definition) is 2. The summed E-state index contributed by atoms with van der Waals surface area (Å²) in [5.41, 5.74) is 1.10. The highest BCUT2D eigenvalue weighted by atomic mass is 16.4. The molecule has 1 amide bonds. The predicted octanol–water partition coefficient (Wildman–Crippen LogP) is 0.864. The number of benzene rings is 1. The van der Waals surface area contributed by atoms with Crippen molar-refractivity contribution in [3.63, 3.8) is 0 Å². The third-order valence-corrected chi connectivity index (χ3v) is 2.78. The first kappa shape index (κ1) is 13.9. The number of carbonyl (C=O) groups is 2. The number of nitrogens with one attached hydrogen (secondary N) is 1. The molecule has 7 heteroatoms. The Morgan fingerprint density at radius 3 is 2.40 bits per heavy atom. The zero-order valence-corrected chi connectivity index (χ0v) is 11.1. The van der Waals surface area contributed by atoms with E-state index in [0.717, 1.165) is 0 Å². The maximum Gasteiger partial charge on any atom is 0.326 e. The van der Waals surface area contributed by atoms with E-state index in [-0.39, 0.29) is 11.7 Å². The van der Waals surface area contributed by atoms with Crippen LogP contribution < -0.4 is 5.32 Å². The van der Waals surface area contributed by atoms with Crippen LogP contribution in [-0.2, 0) is 4.79 Å². The topological polar surface area (TPSA) is 105 Å². The van der Waals surface area contributed by atoms with Crippen LogP contribution in [0.3, 0.4) is 0 Å². The van der Waals surface area contributed by atoms with E-state index in [4.69, 9.17) is 5.11 Å². The van der Waals surface area contributed by atoms with Crippen molar-refractivity contribution in [1.82, 2.24) is 20.5 Å². The highest BCUT2D eigenvalue weighted by molar-refractivity contribution is 5.94. The summed E-state index contributed by atoms with van der Waals surface area (Å²) in [6, 6.07) is 6.01. The van der Waals surface area contributed by atoms with E-state index in [1.165, 1.54) is 0 Å². The summed E-state index contributed by atoms with van der Waals surface area (Å²) in [6.45, 7) is 3.41. The lowest BCUT2D eigenvalue weighted by atomic mass is 10.0. The smallest absolute Gasteiger partial charge is 0.326 e. The van der Waals surface area contributed by atoms with Crippen LogP contribution in [0.2, 0.25) is 0 Å². The van der Waals surface area contributed by atoms with Gasteiger partial charge in [0.15, 0.2) is 0 Å². The van der Waals surface area contributed by atoms with E-state index >= 15 is 0 Å². The normalized spacial score (nSPS) is 12.3. The number of nitrogens with zero attached hydrogens (tertiary/aromatic N) is 3. The molecule has 1 aromatic heterocycles. The SMILES string of the molecule is CC(C)[C@@H](NC(=O)c1nnc2ccccc2n1)C(=O)O. The molecular weight excluding hydrogens is 260 g/mol. The summed E-state index contributed by atoms with van der Waals surface area (Å²) in [6.07, 6.45) is 0. The van der Waals surface area contributed by atoms with Crippen molar-refractivity contribution in [3.05, 3.63) is 30.1 Å². The first-order chi connectivity index (χ1) is 9.49. The highest BCUT2D eigenvalue weighted by Crippen LogP contribution is 2.07. The van der Waals surface area contributed by atoms with Gasteiger partial charge in [-0.3, -0.25) is 4.79 Å². The van der Waals surface area contributed by atoms with Gasteiger partial charge >= 0.3 is 5.97 Å². The molecule has 0 saturated heterocycles. The Bertz CT molecular complexity index is 657. The number of rotatable bonds is 4. The van der Waals surface area contributed by atoms with Crippen LogP contribution in [0.25, 0.3) is 11.0 Å². The number of carbonyl (C=O) groups excluding carboxylic acids is 1. The van der Waals surface area contributed by atoms with Crippen LogP contribution >= 0.6 is 0 Å². The van der Waals surface area contributed by atoms with Gasteiger partial charge in [-0.1, -0.05) is 26.0 Å². The minimum Gasteiger partial charge on any atom is -0.480 e. The van der Waals surface area contributed by atoms with Crippen LogP contribution in [0.15, 0.2) is 24.3 Å². The van der Waals surface area contributed by atoms with E-state index in [0.29, 0.717) is 11.0 Å². The van der Waals surface area contributed by atoms with Gasteiger partial charge in [-0.05, 0) is 18.1 Å². The molecule has 0 fully saturated rings. The number of para-hydroxylation sites is 1. The van der Waals surface area contributed by atoms with E-state index in [2.05, 4.69) is 20.5 Å². The molecule has 0 spiro atoms. The number of carboxylic acids is 1. The average Bonchev–Trinajstić information content (AvgIpc) is 2.43. The molecule has 1 atom stereocenters. The first-order valence-corrected chi connectivity index (χ1v) is 6.12. The molecule has 2 aromatic rings. The molecule has 104 valence electrons. The largest absolute Gasteiger partial charge is 0.480 e. The Kier molecular flexibility index (Phi) is 3.88. The zero-order chi connectivity index (χ0) is 14.7. The van der Waals surface area contributed by atoms with Crippen LogP contribution in [0, 0.1) is 5.92 Å². The molecule has 1 aromatic carbocycles. The van der Waals surface area contributed by atoms with Gasteiger partial charge in [0.2, 0.25) is 5.82 Å². The minimum atomic E-state index is -1.10. The molecule has 1 heterocycles. The van der Waals surface area contributed by atoms with Crippen molar-refractivity contribution in [3.8, 4) is 0 Å². The molecule has 0 radical (unpaired) electrons.